The van der Waals surface area contributed by atoms with Crippen LogP contribution in [0.1, 0.15) is 10.4 Å². The summed E-state index contributed by atoms with van der Waals surface area (Å²) < 4.78 is 5.73. The molecule has 126 valence electrons. The van der Waals surface area contributed by atoms with Crippen LogP contribution in [0.15, 0.2) is 83.9 Å². The number of carbonyl (C=O) groups is 1. The molecule has 0 unspecified atom stereocenters. The molecule has 0 atom stereocenters. The molecule has 0 saturated heterocycles. The SMILES string of the molecule is O=C(NCCSc1ccccc1)c1cccnc1Oc1ccccc1. The number of amides is 1. The first-order chi connectivity index (χ1) is 12.3. The lowest BCUT2D eigenvalue weighted by atomic mass is 10.2. The van der Waals surface area contributed by atoms with Gasteiger partial charge in [-0.15, -0.1) is 11.8 Å². The summed E-state index contributed by atoms with van der Waals surface area (Å²) in [6, 6.07) is 22.9. The number of ether oxygens (including phenoxy) is 1. The first-order valence-corrected chi connectivity index (χ1v) is 8.95. The van der Waals surface area contributed by atoms with Crippen molar-refractivity contribution in [2.45, 2.75) is 4.90 Å². The van der Waals surface area contributed by atoms with Crippen LogP contribution in [0.25, 0.3) is 0 Å². The molecule has 25 heavy (non-hydrogen) atoms. The van der Waals surface area contributed by atoms with E-state index in [0.717, 1.165) is 5.75 Å². The zero-order valence-electron chi connectivity index (χ0n) is 13.6. The number of pyridine rings is 1. The van der Waals surface area contributed by atoms with E-state index in [-0.39, 0.29) is 5.91 Å². The minimum atomic E-state index is -0.187. The summed E-state index contributed by atoms with van der Waals surface area (Å²) >= 11 is 1.70. The maximum absolute atomic E-state index is 12.4. The summed E-state index contributed by atoms with van der Waals surface area (Å²) in [5.74, 6) is 1.56. The Balaban J connectivity index is 1.57. The minimum Gasteiger partial charge on any atom is -0.438 e. The van der Waals surface area contributed by atoms with Crippen molar-refractivity contribution in [2.24, 2.45) is 0 Å². The van der Waals surface area contributed by atoms with Gasteiger partial charge in [-0.1, -0.05) is 36.4 Å². The van der Waals surface area contributed by atoms with E-state index in [1.165, 1.54) is 4.90 Å². The van der Waals surface area contributed by atoms with Gasteiger partial charge in [0.15, 0.2) is 0 Å². The van der Waals surface area contributed by atoms with Crippen LogP contribution in [-0.4, -0.2) is 23.2 Å². The molecule has 0 bridgehead atoms. The van der Waals surface area contributed by atoms with Crippen molar-refractivity contribution in [3.63, 3.8) is 0 Å². The summed E-state index contributed by atoms with van der Waals surface area (Å²) in [7, 11) is 0. The van der Waals surface area contributed by atoms with Gasteiger partial charge in [-0.2, -0.15) is 0 Å². The third-order valence-corrected chi connectivity index (χ3v) is 4.39. The van der Waals surface area contributed by atoms with Crippen molar-refractivity contribution in [2.75, 3.05) is 12.3 Å². The Bertz CT molecular complexity index is 810. The van der Waals surface area contributed by atoms with Gasteiger partial charge in [0.05, 0.1) is 0 Å². The lowest BCUT2D eigenvalue weighted by Gasteiger charge is -2.10. The number of nitrogens with one attached hydrogen (secondary N) is 1. The number of para-hydroxylation sites is 1. The van der Waals surface area contributed by atoms with E-state index in [9.17, 15) is 4.79 Å². The third kappa shape index (κ3) is 5.09. The molecule has 0 aliphatic rings. The Labute approximate surface area is 151 Å². The van der Waals surface area contributed by atoms with E-state index in [0.29, 0.717) is 23.7 Å². The van der Waals surface area contributed by atoms with Gasteiger partial charge in [0.25, 0.3) is 5.91 Å². The summed E-state index contributed by atoms with van der Waals surface area (Å²) in [5, 5.41) is 2.92. The van der Waals surface area contributed by atoms with Crippen molar-refractivity contribution < 1.29 is 9.53 Å². The van der Waals surface area contributed by atoms with Gasteiger partial charge in [0.2, 0.25) is 5.88 Å². The van der Waals surface area contributed by atoms with Gasteiger partial charge < -0.3 is 10.1 Å². The second kappa shape index (κ2) is 8.89. The highest BCUT2D eigenvalue weighted by Crippen LogP contribution is 2.22. The monoisotopic (exact) mass is 350 g/mol. The summed E-state index contributed by atoms with van der Waals surface area (Å²) in [4.78, 5) is 17.8. The molecule has 0 radical (unpaired) electrons. The van der Waals surface area contributed by atoms with E-state index >= 15 is 0 Å². The smallest absolute Gasteiger partial charge is 0.256 e. The first kappa shape index (κ1) is 17.0. The predicted molar refractivity (Wildman–Crippen MR) is 100 cm³/mol. The van der Waals surface area contributed by atoms with Crippen molar-refractivity contribution in [3.8, 4) is 11.6 Å². The number of thioether (sulfide) groups is 1. The topological polar surface area (TPSA) is 51.2 Å². The van der Waals surface area contributed by atoms with Crippen molar-refractivity contribution in [1.29, 1.82) is 0 Å². The normalized spacial score (nSPS) is 10.2. The predicted octanol–water partition coefficient (Wildman–Crippen LogP) is 4.40. The molecule has 1 heterocycles. The molecule has 0 fully saturated rings. The Morgan fingerprint density at radius 2 is 1.68 bits per heavy atom. The maximum atomic E-state index is 12.4. The van der Waals surface area contributed by atoms with Gasteiger partial charge in [0, 0.05) is 23.4 Å². The highest BCUT2D eigenvalue weighted by atomic mass is 32.2. The molecule has 1 amide bonds. The van der Waals surface area contributed by atoms with E-state index < -0.39 is 0 Å². The standard InChI is InChI=1S/C20H18N2O2S/c23-19(21-14-15-25-17-10-5-2-6-11-17)18-12-7-13-22-20(18)24-16-8-3-1-4-9-16/h1-13H,14-15H2,(H,21,23). The Kier molecular flexibility index (Phi) is 6.06. The van der Waals surface area contributed by atoms with Crippen LogP contribution in [0.2, 0.25) is 0 Å². The number of carbonyl (C=O) groups excluding carboxylic acids is 1. The Morgan fingerprint density at radius 3 is 2.44 bits per heavy atom. The molecule has 3 rings (SSSR count). The van der Waals surface area contributed by atoms with Crippen LogP contribution < -0.4 is 10.1 Å². The van der Waals surface area contributed by atoms with Gasteiger partial charge in [-0.05, 0) is 36.4 Å². The highest BCUT2D eigenvalue weighted by molar-refractivity contribution is 7.99. The minimum absolute atomic E-state index is 0.187. The average molecular weight is 350 g/mol. The molecular weight excluding hydrogens is 332 g/mol. The van der Waals surface area contributed by atoms with Gasteiger partial charge in [-0.25, -0.2) is 4.98 Å². The van der Waals surface area contributed by atoms with Gasteiger partial charge in [-0.3, -0.25) is 4.79 Å². The molecule has 3 aromatic rings. The molecule has 4 nitrogen and oxygen atoms in total. The fraction of sp³-hybridized carbons (Fsp3) is 0.100. The van der Waals surface area contributed by atoms with Crippen LogP contribution in [0.3, 0.4) is 0 Å². The number of benzene rings is 2. The van der Waals surface area contributed by atoms with E-state index in [1.54, 1.807) is 30.1 Å². The number of hydrogen-bond donors (Lipinski definition) is 1. The van der Waals surface area contributed by atoms with Crippen molar-refractivity contribution in [1.82, 2.24) is 10.3 Å². The van der Waals surface area contributed by atoms with Crippen LogP contribution in [-0.2, 0) is 0 Å². The molecule has 0 aliphatic heterocycles. The van der Waals surface area contributed by atoms with Crippen LogP contribution in [0.4, 0.5) is 0 Å². The zero-order valence-corrected chi connectivity index (χ0v) is 14.4. The quantitative estimate of drug-likeness (QED) is 0.507. The molecule has 1 aromatic heterocycles. The van der Waals surface area contributed by atoms with Crippen molar-refractivity contribution in [3.05, 3.63) is 84.6 Å². The molecule has 0 spiro atoms. The van der Waals surface area contributed by atoms with Crippen LogP contribution >= 0.6 is 11.8 Å². The number of nitrogens with zero attached hydrogens (tertiary/aromatic N) is 1. The molecule has 0 saturated carbocycles. The van der Waals surface area contributed by atoms with Gasteiger partial charge >= 0.3 is 0 Å². The largest absolute Gasteiger partial charge is 0.438 e. The molecule has 1 N–H and O–H groups in total. The first-order valence-electron chi connectivity index (χ1n) is 7.97. The van der Waals surface area contributed by atoms with Crippen LogP contribution in [0.5, 0.6) is 11.6 Å². The lowest BCUT2D eigenvalue weighted by molar-refractivity contribution is 0.0953. The average Bonchev–Trinajstić information content (AvgIpc) is 2.67. The second-order valence-electron chi connectivity index (χ2n) is 5.19. The van der Waals surface area contributed by atoms with E-state index in [4.69, 9.17) is 4.74 Å². The van der Waals surface area contributed by atoms with Gasteiger partial charge in [0.1, 0.15) is 11.3 Å². The second-order valence-corrected chi connectivity index (χ2v) is 6.36. The fourth-order valence-electron chi connectivity index (χ4n) is 2.19. The fourth-order valence-corrected chi connectivity index (χ4v) is 2.98. The Morgan fingerprint density at radius 1 is 0.960 bits per heavy atom. The molecule has 5 heteroatoms. The number of aromatic nitrogens is 1. The summed E-state index contributed by atoms with van der Waals surface area (Å²) in [5.41, 5.74) is 0.427. The zero-order chi connectivity index (χ0) is 17.3. The molecular formula is C20H18N2O2S. The number of hydrogen-bond acceptors (Lipinski definition) is 4. The number of rotatable bonds is 7. The van der Waals surface area contributed by atoms with E-state index in [1.807, 2.05) is 48.5 Å². The summed E-state index contributed by atoms with van der Waals surface area (Å²) in [6.07, 6.45) is 1.61. The molecule has 2 aromatic carbocycles. The summed E-state index contributed by atoms with van der Waals surface area (Å²) in [6.45, 7) is 0.568. The van der Waals surface area contributed by atoms with Crippen LogP contribution in [0, 0.1) is 0 Å². The molecule has 0 aliphatic carbocycles. The van der Waals surface area contributed by atoms with Crippen molar-refractivity contribution >= 4 is 17.7 Å². The third-order valence-electron chi connectivity index (χ3n) is 3.37. The van der Waals surface area contributed by atoms with E-state index in [2.05, 4.69) is 22.4 Å². The Hall–Kier alpha value is -2.79. The maximum Gasteiger partial charge on any atom is 0.256 e. The highest BCUT2D eigenvalue weighted by Gasteiger charge is 2.13. The lowest BCUT2D eigenvalue weighted by Crippen LogP contribution is -2.26.